The second-order valence-electron chi connectivity index (χ2n) is 25.8. The molecule has 0 aliphatic carbocycles. The number of aliphatic hydroxyl groups excluding tert-OH is 11. The van der Waals surface area contributed by atoms with Gasteiger partial charge >= 0.3 is 5.97 Å². The van der Waals surface area contributed by atoms with Crippen molar-refractivity contribution >= 4 is 17.8 Å². The molecule has 0 aromatic rings. The average Bonchev–Trinajstić information content (AvgIpc) is 2.63. The molecule has 23 heteroatoms. The van der Waals surface area contributed by atoms with Crippen molar-refractivity contribution in [2.75, 3.05) is 26.4 Å². The zero-order valence-corrected chi connectivity index (χ0v) is 54.6. The number of rotatable bonds is 53. The number of carboxylic acid groups (broad SMARTS) is 1. The van der Waals surface area contributed by atoms with Gasteiger partial charge in [0.25, 0.3) is 5.79 Å². The van der Waals surface area contributed by atoms with Crippen LogP contribution in [0.4, 0.5) is 0 Å². The summed E-state index contributed by atoms with van der Waals surface area (Å²) in [6, 6.07) is -2.52. The number of aliphatic carboxylic acids is 1. The fourth-order valence-corrected chi connectivity index (χ4v) is 12.5. The van der Waals surface area contributed by atoms with Gasteiger partial charge in [-0.1, -0.05) is 232 Å². The zero-order chi connectivity index (χ0) is 65.4. The van der Waals surface area contributed by atoms with E-state index >= 15 is 0 Å². The van der Waals surface area contributed by atoms with E-state index < -0.39 is 148 Å². The van der Waals surface area contributed by atoms with E-state index in [0.29, 0.717) is 19.3 Å². The van der Waals surface area contributed by atoms with Crippen LogP contribution in [0.2, 0.25) is 0 Å². The van der Waals surface area contributed by atoms with Crippen molar-refractivity contribution in [3.8, 4) is 0 Å². The number of amides is 2. The molecular weight excluding hydrogens is 1160 g/mol. The van der Waals surface area contributed by atoms with E-state index in [0.717, 1.165) is 51.9 Å². The Bertz CT molecular complexity index is 1810. The first-order valence-electron chi connectivity index (χ1n) is 34.9. The van der Waals surface area contributed by atoms with E-state index in [1.807, 2.05) is 0 Å². The number of hydrogen-bond acceptors (Lipinski definition) is 20. The number of unbranched alkanes of at least 4 members (excludes halogenated alkanes) is 33. The van der Waals surface area contributed by atoms with Crippen LogP contribution in [0.1, 0.15) is 265 Å². The van der Waals surface area contributed by atoms with E-state index in [2.05, 4.69) is 24.5 Å². The van der Waals surface area contributed by atoms with Gasteiger partial charge in [0.15, 0.2) is 12.6 Å². The zero-order valence-electron chi connectivity index (χ0n) is 54.6. The van der Waals surface area contributed by atoms with Gasteiger partial charge in [-0.05, 0) is 12.8 Å². The molecule has 0 spiro atoms. The van der Waals surface area contributed by atoms with Crippen molar-refractivity contribution < 1.29 is 104 Å². The molecule has 18 unspecified atom stereocenters. The minimum Gasteiger partial charge on any atom is -0.477 e. The molecule has 3 aliphatic heterocycles. The van der Waals surface area contributed by atoms with Crippen LogP contribution < -0.4 is 10.6 Å². The van der Waals surface area contributed by atoms with Crippen molar-refractivity contribution in [1.29, 1.82) is 0 Å². The molecule has 3 fully saturated rings. The van der Waals surface area contributed by atoms with Gasteiger partial charge in [-0.25, -0.2) is 4.79 Å². The lowest BCUT2D eigenvalue weighted by atomic mass is 9.88. The smallest absolute Gasteiger partial charge is 0.364 e. The molecule has 3 saturated heterocycles. The number of carbonyl (C=O) groups is 3. The van der Waals surface area contributed by atoms with E-state index in [9.17, 15) is 75.7 Å². The molecule has 3 aliphatic rings. The molecule has 2 amide bonds. The highest BCUT2D eigenvalue weighted by Gasteiger charge is 2.60. The van der Waals surface area contributed by atoms with Crippen LogP contribution in [-0.4, -0.2) is 215 Å². The van der Waals surface area contributed by atoms with Crippen LogP contribution in [-0.2, 0) is 42.8 Å². The van der Waals surface area contributed by atoms with E-state index in [4.69, 9.17) is 28.4 Å². The highest BCUT2D eigenvalue weighted by molar-refractivity contribution is 5.77. The Balaban J connectivity index is 1.57. The standard InChI is InChI=1S/C66H124N2O21/c1-4-6-8-10-12-14-16-18-19-20-21-22-23-24-25-26-28-30-32-34-36-38-40-53(76)68-47(48(73)39-37-35-33-31-29-27-17-15-13-11-9-7-5-2)45-84-63-58(80)57(79)60(52(44-71)86-63)87-64-59(81)62(56(78)51(43-70)85-64)89-66(65(82)83)41-49(74)54(67-46(3)72)61(88-66)55(77)50(75)42-69/h47-52,54-64,69-71,73-75,77-81H,4-45H2,1-3H3,(H,67,72)(H,68,76)(H,82,83). The van der Waals surface area contributed by atoms with Gasteiger partial charge in [0.1, 0.15) is 67.1 Å². The quantitative estimate of drug-likeness (QED) is 0.0305. The summed E-state index contributed by atoms with van der Waals surface area (Å²) >= 11 is 0. The highest BCUT2D eigenvalue weighted by atomic mass is 16.8. The average molecular weight is 1280 g/mol. The Morgan fingerprint density at radius 3 is 1.40 bits per heavy atom. The van der Waals surface area contributed by atoms with Crippen LogP contribution in [0, 0.1) is 0 Å². The van der Waals surface area contributed by atoms with Gasteiger partial charge in [0, 0.05) is 19.8 Å². The number of aliphatic hydroxyl groups is 11. The van der Waals surface area contributed by atoms with Crippen molar-refractivity contribution in [3.05, 3.63) is 0 Å². The summed E-state index contributed by atoms with van der Waals surface area (Å²) in [4.78, 5) is 38.5. The molecule has 0 aromatic heterocycles. The minimum atomic E-state index is -3.08. The first-order valence-corrected chi connectivity index (χ1v) is 34.9. The van der Waals surface area contributed by atoms with E-state index in [1.54, 1.807) is 0 Å². The monoisotopic (exact) mass is 1280 g/mol. The molecule has 3 rings (SSSR count). The van der Waals surface area contributed by atoms with Gasteiger partial charge in [-0.15, -0.1) is 0 Å². The van der Waals surface area contributed by atoms with Crippen molar-refractivity contribution in [3.63, 3.8) is 0 Å². The van der Waals surface area contributed by atoms with Crippen molar-refractivity contribution in [2.24, 2.45) is 0 Å². The molecule has 0 saturated carbocycles. The normalized spacial score (nSPS) is 28.7. The third kappa shape index (κ3) is 30.3. The fraction of sp³-hybridized carbons (Fsp3) is 0.955. The third-order valence-corrected chi connectivity index (χ3v) is 18.1. The maximum atomic E-state index is 13.5. The third-order valence-electron chi connectivity index (χ3n) is 18.1. The maximum absolute atomic E-state index is 13.5. The number of nitrogens with one attached hydrogen (secondary N) is 2. The van der Waals surface area contributed by atoms with Crippen molar-refractivity contribution in [1.82, 2.24) is 10.6 Å². The predicted molar refractivity (Wildman–Crippen MR) is 334 cm³/mol. The Labute approximate surface area is 531 Å². The van der Waals surface area contributed by atoms with Gasteiger partial charge in [-0.2, -0.15) is 0 Å². The predicted octanol–water partition coefficient (Wildman–Crippen LogP) is 6.12. The summed E-state index contributed by atoms with van der Waals surface area (Å²) in [5.41, 5.74) is 0. The second kappa shape index (κ2) is 47.6. The van der Waals surface area contributed by atoms with Crippen LogP contribution in [0.15, 0.2) is 0 Å². The lowest BCUT2D eigenvalue weighted by molar-refractivity contribution is -0.386. The number of carboxylic acids is 1. The van der Waals surface area contributed by atoms with Gasteiger partial charge in [-0.3, -0.25) is 9.59 Å². The molecule has 0 radical (unpaired) electrons. The number of carbonyl (C=O) groups excluding carboxylic acids is 2. The van der Waals surface area contributed by atoms with E-state index in [1.165, 1.54) is 167 Å². The number of ether oxygens (including phenoxy) is 6. The summed E-state index contributed by atoms with van der Waals surface area (Å²) in [6.45, 7) is 2.21. The summed E-state index contributed by atoms with van der Waals surface area (Å²) in [5, 5.41) is 136. The van der Waals surface area contributed by atoms with Crippen LogP contribution in [0.5, 0.6) is 0 Å². The molecule has 3 heterocycles. The Morgan fingerprint density at radius 2 is 0.978 bits per heavy atom. The molecule has 23 nitrogen and oxygen atoms in total. The van der Waals surface area contributed by atoms with Gasteiger partial charge in [0.05, 0.1) is 50.7 Å². The highest BCUT2D eigenvalue weighted by Crippen LogP contribution is 2.39. The first-order chi connectivity index (χ1) is 42.9. The minimum absolute atomic E-state index is 0.229. The molecule has 18 atom stereocenters. The maximum Gasteiger partial charge on any atom is 0.364 e. The summed E-state index contributed by atoms with van der Waals surface area (Å²) in [6.07, 6.45) is 14.0. The SMILES string of the molecule is CCCCCCCCCCCCCCCCCCCCCCCCC(=O)NC(COC1OC(CO)C(OC2OC(CO)C(O)C(OC3(C(=O)O)CC(O)C(NC(C)=O)C(C(O)C(O)CO)O3)C2O)C(O)C1O)C(O)CCCCCCCCCCCCCCC. The topological polar surface area (TPSA) is 373 Å². The van der Waals surface area contributed by atoms with Gasteiger partial charge in [0.2, 0.25) is 11.8 Å². The Morgan fingerprint density at radius 1 is 0.539 bits per heavy atom. The first kappa shape index (κ1) is 81.0. The lowest BCUT2D eigenvalue weighted by Gasteiger charge is -2.50. The molecule has 0 aromatic carbocycles. The van der Waals surface area contributed by atoms with Gasteiger partial charge < -0.3 is 100 Å². The number of hydrogen-bond donors (Lipinski definition) is 14. The Kier molecular flexibility index (Phi) is 43.3. The van der Waals surface area contributed by atoms with Crippen LogP contribution in [0.25, 0.3) is 0 Å². The van der Waals surface area contributed by atoms with E-state index in [-0.39, 0.29) is 18.9 Å². The van der Waals surface area contributed by atoms with Crippen molar-refractivity contribution in [2.45, 2.75) is 375 Å². The molecule has 89 heavy (non-hydrogen) atoms. The van der Waals surface area contributed by atoms with Crippen LogP contribution >= 0.6 is 0 Å². The molecule has 0 bridgehead atoms. The summed E-state index contributed by atoms with van der Waals surface area (Å²) in [5.74, 6) is -6.09. The second-order valence-corrected chi connectivity index (χ2v) is 25.8. The molecular formula is C66H124N2O21. The fourth-order valence-electron chi connectivity index (χ4n) is 12.5. The van der Waals surface area contributed by atoms with Crippen LogP contribution in [0.3, 0.4) is 0 Å². The lowest BCUT2D eigenvalue weighted by Crippen LogP contribution is -2.70. The largest absolute Gasteiger partial charge is 0.477 e. The molecule has 14 N–H and O–H groups in total. The molecule has 524 valence electrons. The summed E-state index contributed by atoms with van der Waals surface area (Å²) in [7, 11) is 0. The summed E-state index contributed by atoms with van der Waals surface area (Å²) < 4.78 is 34.8. The Hall–Kier alpha value is -2.27.